The highest BCUT2D eigenvalue weighted by Gasteiger charge is 2.44. The van der Waals surface area contributed by atoms with Crippen LogP contribution in [0.2, 0.25) is 0 Å². The molecule has 0 aromatic rings. The number of hydrogen-bond donors (Lipinski definition) is 6. The van der Waals surface area contributed by atoms with Crippen LogP contribution >= 0.6 is 0 Å². The first kappa shape index (κ1) is 59.6. The van der Waals surface area contributed by atoms with Gasteiger partial charge in [-0.3, -0.25) is 9.59 Å². The average Bonchev–Trinajstić information content (AvgIpc) is 3.29. The van der Waals surface area contributed by atoms with Gasteiger partial charge in [0.25, 0.3) is 0 Å². The highest BCUT2D eigenvalue weighted by Crippen LogP contribution is 2.22. The van der Waals surface area contributed by atoms with E-state index < -0.39 is 49.5 Å². The molecule has 0 aromatic carbocycles. The van der Waals surface area contributed by atoms with Gasteiger partial charge in [-0.25, -0.2) is 0 Å². The van der Waals surface area contributed by atoms with Crippen molar-refractivity contribution in [1.82, 2.24) is 5.32 Å². The van der Waals surface area contributed by atoms with Gasteiger partial charge in [-0.15, -0.1) is 0 Å². The van der Waals surface area contributed by atoms with Gasteiger partial charge in [0, 0.05) is 12.8 Å². The van der Waals surface area contributed by atoms with Crippen molar-refractivity contribution in [2.75, 3.05) is 19.8 Å². The molecule has 1 amide bonds. The minimum atomic E-state index is -1.59. The monoisotopic (exact) mass is 906 g/mol. The van der Waals surface area contributed by atoms with Gasteiger partial charge >= 0.3 is 5.97 Å². The zero-order chi connectivity index (χ0) is 46.7. The molecule has 0 saturated carbocycles. The Labute approximate surface area is 389 Å². The lowest BCUT2D eigenvalue weighted by molar-refractivity contribution is -0.302. The van der Waals surface area contributed by atoms with E-state index in [-0.39, 0.29) is 24.9 Å². The van der Waals surface area contributed by atoms with Crippen LogP contribution in [0.15, 0.2) is 48.6 Å². The van der Waals surface area contributed by atoms with Crippen LogP contribution in [0, 0.1) is 0 Å². The molecule has 1 rings (SSSR count). The van der Waals surface area contributed by atoms with Crippen LogP contribution in [0.25, 0.3) is 0 Å². The number of esters is 1. The third-order valence-corrected chi connectivity index (χ3v) is 11.9. The van der Waals surface area contributed by atoms with Crippen molar-refractivity contribution in [2.45, 2.75) is 256 Å². The molecular formula is C53H95NO10. The van der Waals surface area contributed by atoms with Gasteiger partial charge in [0.1, 0.15) is 24.4 Å². The summed E-state index contributed by atoms with van der Waals surface area (Å²) in [4.78, 5) is 25.0. The van der Waals surface area contributed by atoms with E-state index in [4.69, 9.17) is 14.2 Å². The fraction of sp³-hybridized carbons (Fsp3) is 0.811. The van der Waals surface area contributed by atoms with E-state index in [2.05, 4.69) is 43.5 Å². The summed E-state index contributed by atoms with van der Waals surface area (Å²) in [6, 6.07) is -0.870. The van der Waals surface area contributed by atoms with E-state index in [1.807, 2.05) is 18.2 Å². The summed E-state index contributed by atoms with van der Waals surface area (Å²) < 4.78 is 16.6. The number of carbonyl (C=O) groups excluding carboxylic acids is 2. The van der Waals surface area contributed by atoms with Crippen LogP contribution in [0.3, 0.4) is 0 Å². The van der Waals surface area contributed by atoms with E-state index in [9.17, 15) is 35.1 Å². The molecule has 1 heterocycles. The SMILES string of the molecule is CCCCCC/C=C/CC/C=C/C(O)C(COC1OC(CO)C(O)C(O)C1O)NC(=O)CC/C=C\C/C=C\CCCCCCCCOC(=O)CCCCCCCCCCCCCCC. The lowest BCUT2D eigenvalue weighted by Crippen LogP contribution is -2.60. The first-order chi connectivity index (χ1) is 31.2. The molecule has 0 spiro atoms. The Balaban J connectivity index is 2.21. The third-order valence-electron chi connectivity index (χ3n) is 11.9. The minimum absolute atomic E-state index is 0.0400. The number of rotatable bonds is 43. The fourth-order valence-electron chi connectivity index (χ4n) is 7.73. The smallest absolute Gasteiger partial charge is 0.305 e. The molecule has 7 atom stereocenters. The normalized spacial score (nSPS) is 20.3. The van der Waals surface area contributed by atoms with Gasteiger partial charge in [0.05, 0.1) is 32.0 Å². The molecule has 1 aliphatic rings. The number of unbranched alkanes of at least 4 members (excludes halogenated alkanes) is 23. The van der Waals surface area contributed by atoms with Crippen molar-refractivity contribution in [2.24, 2.45) is 0 Å². The number of aliphatic hydroxyl groups is 5. The number of hydrogen-bond acceptors (Lipinski definition) is 10. The number of nitrogens with one attached hydrogen (secondary N) is 1. The molecule has 11 nitrogen and oxygen atoms in total. The molecule has 1 fully saturated rings. The van der Waals surface area contributed by atoms with E-state index in [1.54, 1.807) is 6.08 Å². The molecular weight excluding hydrogens is 811 g/mol. The van der Waals surface area contributed by atoms with Gasteiger partial charge in [-0.05, 0) is 64.2 Å². The van der Waals surface area contributed by atoms with Gasteiger partial charge in [-0.1, -0.05) is 184 Å². The molecule has 6 N–H and O–H groups in total. The van der Waals surface area contributed by atoms with Crippen LogP contribution in [0.4, 0.5) is 0 Å². The Morgan fingerprint density at radius 1 is 0.578 bits per heavy atom. The summed E-state index contributed by atoms with van der Waals surface area (Å²) in [7, 11) is 0. The Morgan fingerprint density at radius 2 is 1.08 bits per heavy atom. The van der Waals surface area contributed by atoms with Gasteiger partial charge in [0.2, 0.25) is 5.91 Å². The van der Waals surface area contributed by atoms with Crippen LogP contribution in [-0.4, -0.2) is 100 Å². The number of aliphatic hydroxyl groups excluding tert-OH is 5. The van der Waals surface area contributed by atoms with Crippen molar-refractivity contribution in [3.05, 3.63) is 48.6 Å². The average molecular weight is 906 g/mol. The quantitative estimate of drug-likeness (QED) is 0.0196. The maximum Gasteiger partial charge on any atom is 0.305 e. The van der Waals surface area contributed by atoms with Crippen molar-refractivity contribution >= 4 is 11.9 Å². The highest BCUT2D eigenvalue weighted by molar-refractivity contribution is 5.76. The molecule has 372 valence electrons. The minimum Gasteiger partial charge on any atom is -0.466 e. The summed E-state index contributed by atoms with van der Waals surface area (Å²) in [6.07, 6.45) is 42.1. The Kier molecular flexibility index (Phi) is 40.3. The second-order valence-electron chi connectivity index (χ2n) is 17.9. The summed E-state index contributed by atoms with van der Waals surface area (Å²) in [5, 5.41) is 54.0. The van der Waals surface area contributed by atoms with Crippen molar-refractivity contribution in [3.8, 4) is 0 Å². The van der Waals surface area contributed by atoms with Crippen molar-refractivity contribution in [1.29, 1.82) is 0 Å². The van der Waals surface area contributed by atoms with Gasteiger partial charge in [-0.2, -0.15) is 0 Å². The van der Waals surface area contributed by atoms with E-state index in [0.29, 0.717) is 19.4 Å². The zero-order valence-corrected chi connectivity index (χ0v) is 40.5. The molecule has 7 unspecified atom stereocenters. The molecule has 0 aromatic heterocycles. The first-order valence-electron chi connectivity index (χ1n) is 25.9. The summed E-state index contributed by atoms with van der Waals surface area (Å²) in [6.45, 7) is 4.18. The topological polar surface area (TPSA) is 175 Å². The van der Waals surface area contributed by atoms with Crippen LogP contribution < -0.4 is 5.32 Å². The molecule has 0 radical (unpaired) electrons. The Morgan fingerprint density at radius 3 is 1.69 bits per heavy atom. The fourth-order valence-corrected chi connectivity index (χ4v) is 7.73. The molecule has 0 bridgehead atoms. The first-order valence-corrected chi connectivity index (χ1v) is 25.9. The molecule has 11 heteroatoms. The second-order valence-corrected chi connectivity index (χ2v) is 17.9. The van der Waals surface area contributed by atoms with E-state index in [0.717, 1.165) is 70.6 Å². The number of amides is 1. The van der Waals surface area contributed by atoms with Crippen molar-refractivity contribution in [3.63, 3.8) is 0 Å². The maximum atomic E-state index is 12.9. The molecule has 0 aliphatic carbocycles. The van der Waals surface area contributed by atoms with E-state index >= 15 is 0 Å². The predicted octanol–water partition coefficient (Wildman–Crippen LogP) is 10.5. The summed E-state index contributed by atoms with van der Waals surface area (Å²) in [5.41, 5.74) is 0. The molecule has 1 saturated heterocycles. The van der Waals surface area contributed by atoms with Gasteiger partial charge < -0.3 is 45.1 Å². The standard InChI is InChI=1S/C53H95NO10/c1-3-5-7-9-11-13-15-17-21-25-29-33-37-41-49(58)62-42-38-34-30-26-22-19-16-18-20-24-28-32-36-40-48(57)54-45(44-63-53-52(61)51(60)50(59)47(43-55)64-53)46(56)39-35-31-27-23-14-12-10-8-6-4-2/h14,18,20,23,28,32,35,39,45-47,50-53,55-56,59-61H,3-13,15-17,19,21-22,24-27,29-31,33-34,36-38,40-44H2,1-2H3,(H,54,57)/b20-18-,23-14+,32-28-,39-35+. The van der Waals surface area contributed by atoms with Crippen LogP contribution in [0.5, 0.6) is 0 Å². The zero-order valence-electron chi connectivity index (χ0n) is 40.5. The molecule has 64 heavy (non-hydrogen) atoms. The van der Waals surface area contributed by atoms with E-state index in [1.165, 1.54) is 109 Å². The van der Waals surface area contributed by atoms with Crippen LogP contribution in [-0.2, 0) is 23.8 Å². The lowest BCUT2D eigenvalue weighted by Gasteiger charge is -2.40. The number of carbonyl (C=O) groups is 2. The lowest BCUT2D eigenvalue weighted by atomic mass is 9.99. The van der Waals surface area contributed by atoms with Gasteiger partial charge in [0.15, 0.2) is 6.29 Å². The highest BCUT2D eigenvalue weighted by atomic mass is 16.7. The summed E-state index contributed by atoms with van der Waals surface area (Å²) in [5.74, 6) is -0.316. The van der Waals surface area contributed by atoms with Crippen LogP contribution in [0.1, 0.15) is 213 Å². The second kappa shape index (κ2) is 43.2. The number of ether oxygens (including phenoxy) is 3. The third kappa shape index (κ3) is 33.1. The Hall–Kier alpha value is -2.38. The molecule has 1 aliphatic heterocycles. The largest absolute Gasteiger partial charge is 0.466 e. The predicted molar refractivity (Wildman–Crippen MR) is 260 cm³/mol. The van der Waals surface area contributed by atoms with Crippen molar-refractivity contribution < 1.29 is 49.3 Å². The summed E-state index contributed by atoms with van der Waals surface area (Å²) >= 11 is 0. The number of allylic oxidation sites excluding steroid dienone is 7. The maximum absolute atomic E-state index is 12.9. The Bertz CT molecular complexity index is 1210.